The molecule has 0 N–H and O–H groups in total. The van der Waals surface area contributed by atoms with Crippen molar-refractivity contribution in [3.05, 3.63) is 43.1 Å². The first-order valence-electron chi connectivity index (χ1n) is 8.10. The summed E-state index contributed by atoms with van der Waals surface area (Å²) in [4.78, 5) is 30.2. The number of nitrogens with zero attached hydrogens (tertiary/aromatic N) is 5. The van der Waals surface area contributed by atoms with Gasteiger partial charge in [0.05, 0.1) is 10.7 Å². The highest BCUT2D eigenvalue weighted by molar-refractivity contribution is 7.89. The summed E-state index contributed by atoms with van der Waals surface area (Å²) >= 11 is 1.59. The van der Waals surface area contributed by atoms with Crippen LogP contribution in [0, 0.1) is 6.92 Å². The Labute approximate surface area is 155 Å². The van der Waals surface area contributed by atoms with E-state index >= 15 is 0 Å². The van der Waals surface area contributed by atoms with Crippen LogP contribution in [-0.2, 0) is 30.7 Å². The molecule has 1 aliphatic heterocycles. The maximum Gasteiger partial charge on any atom is 0.330 e. The van der Waals surface area contributed by atoms with E-state index in [9.17, 15) is 18.0 Å². The van der Waals surface area contributed by atoms with Crippen molar-refractivity contribution in [2.24, 2.45) is 14.1 Å². The minimum Gasteiger partial charge on any atom is -0.302 e. The first-order chi connectivity index (χ1) is 12.2. The molecule has 0 aliphatic carbocycles. The minimum atomic E-state index is -3.95. The third-order valence-electron chi connectivity index (χ3n) is 4.42. The molecule has 1 saturated heterocycles. The number of hydrogen-bond acceptors (Lipinski definition) is 7. The van der Waals surface area contributed by atoms with Crippen molar-refractivity contribution in [1.82, 2.24) is 23.3 Å². The zero-order valence-corrected chi connectivity index (χ0v) is 16.5. The molecule has 0 aromatic carbocycles. The van der Waals surface area contributed by atoms with E-state index in [4.69, 9.17) is 0 Å². The Hall–Kier alpha value is -1.82. The second-order valence-corrected chi connectivity index (χ2v) is 9.26. The highest BCUT2D eigenvalue weighted by Gasteiger charge is 2.31. The van der Waals surface area contributed by atoms with Crippen LogP contribution in [0.5, 0.6) is 0 Å². The van der Waals surface area contributed by atoms with Crippen LogP contribution in [0.1, 0.15) is 10.7 Å². The first-order valence-corrected chi connectivity index (χ1v) is 10.4. The molecule has 3 rings (SSSR count). The number of aryl methyl sites for hydroxylation is 2. The molecule has 26 heavy (non-hydrogen) atoms. The van der Waals surface area contributed by atoms with E-state index < -0.39 is 21.3 Å². The molecule has 0 radical (unpaired) electrons. The van der Waals surface area contributed by atoms with Gasteiger partial charge in [-0.3, -0.25) is 14.3 Å². The van der Waals surface area contributed by atoms with Gasteiger partial charge in [0, 0.05) is 58.4 Å². The van der Waals surface area contributed by atoms with E-state index in [1.54, 1.807) is 11.3 Å². The largest absolute Gasteiger partial charge is 0.330 e. The van der Waals surface area contributed by atoms with Crippen LogP contribution in [-0.4, -0.2) is 57.9 Å². The summed E-state index contributed by atoms with van der Waals surface area (Å²) in [6, 6.07) is 0. The molecule has 2 aromatic rings. The van der Waals surface area contributed by atoms with E-state index in [1.165, 1.54) is 18.4 Å². The molecule has 0 amide bonds. The summed E-state index contributed by atoms with van der Waals surface area (Å²) < 4.78 is 28.9. The van der Waals surface area contributed by atoms with Crippen molar-refractivity contribution < 1.29 is 8.42 Å². The van der Waals surface area contributed by atoms with Gasteiger partial charge in [-0.1, -0.05) is 0 Å². The van der Waals surface area contributed by atoms with Crippen LogP contribution in [0.3, 0.4) is 0 Å². The number of piperazine rings is 1. The number of hydrogen-bond donors (Lipinski definition) is 0. The Kier molecular flexibility index (Phi) is 5.15. The summed E-state index contributed by atoms with van der Waals surface area (Å²) in [6.07, 6.45) is 1.10. The lowest BCUT2D eigenvalue weighted by molar-refractivity contribution is 0.180. The second kappa shape index (κ2) is 7.06. The van der Waals surface area contributed by atoms with Crippen LogP contribution in [0.25, 0.3) is 0 Å². The molecule has 0 unspecified atom stereocenters. The normalized spacial score (nSPS) is 16.9. The summed E-state index contributed by atoms with van der Waals surface area (Å²) in [7, 11) is -1.25. The smallest absolute Gasteiger partial charge is 0.302 e. The number of sulfonamides is 1. The van der Waals surface area contributed by atoms with Gasteiger partial charge in [0.25, 0.3) is 5.56 Å². The summed E-state index contributed by atoms with van der Waals surface area (Å²) in [5.74, 6) is 0. The molecular weight excluding hydrogens is 378 g/mol. The SMILES string of the molecule is Cc1nc(CN2CCN(S(=O)(=O)c3cn(C)c(=O)n(C)c3=O)CC2)cs1. The number of rotatable bonds is 4. The molecule has 0 bridgehead atoms. The molecule has 11 heteroatoms. The van der Waals surface area contributed by atoms with Gasteiger partial charge in [-0.05, 0) is 6.92 Å². The molecule has 9 nitrogen and oxygen atoms in total. The second-order valence-electron chi connectivity index (χ2n) is 6.29. The lowest BCUT2D eigenvalue weighted by Gasteiger charge is -2.33. The van der Waals surface area contributed by atoms with E-state index in [2.05, 4.69) is 9.88 Å². The fraction of sp³-hybridized carbons (Fsp3) is 0.533. The molecular formula is C15H21N5O4S2. The fourth-order valence-electron chi connectivity index (χ4n) is 2.93. The number of aromatic nitrogens is 3. The molecule has 1 aliphatic rings. The van der Waals surface area contributed by atoms with Crippen molar-refractivity contribution in [3.8, 4) is 0 Å². The molecule has 0 spiro atoms. The molecule has 3 heterocycles. The topological polar surface area (TPSA) is 97.5 Å². The third kappa shape index (κ3) is 3.52. The van der Waals surface area contributed by atoms with Gasteiger partial charge in [0.15, 0.2) is 4.90 Å². The van der Waals surface area contributed by atoms with E-state index in [0.29, 0.717) is 19.6 Å². The standard InChI is InChI=1S/C15H21N5O4S2/c1-11-16-12(10-25-11)8-19-4-6-20(7-5-19)26(23,24)13-9-17(2)15(22)18(3)14(13)21/h9-10H,4-8H2,1-3H3. The summed E-state index contributed by atoms with van der Waals surface area (Å²) in [6.45, 7) is 4.32. The van der Waals surface area contributed by atoms with E-state index in [0.717, 1.165) is 26.0 Å². The van der Waals surface area contributed by atoms with Gasteiger partial charge in [-0.25, -0.2) is 18.2 Å². The van der Waals surface area contributed by atoms with Crippen LogP contribution < -0.4 is 11.2 Å². The van der Waals surface area contributed by atoms with Gasteiger partial charge in [0.1, 0.15) is 0 Å². The first kappa shape index (κ1) is 19.0. The fourth-order valence-corrected chi connectivity index (χ4v) is 5.10. The molecule has 0 atom stereocenters. The molecule has 0 saturated carbocycles. The van der Waals surface area contributed by atoms with Gasteiger partial charge in [0.2, 0.25) is 10.0 Å². The number of thiazole rings is 1. The molecule has 142 valence electrons. The Balaban J connectivity index is 1.76. The average Bonchev–Trinajstić information content (AvgIpc) is 3.01. The zero-order valence-electron chi connectivity index (χ0n) is 14.9. The molecule has 1 fully saturated rings. The van der Waals surface area contributed by atoms with Crippen LogP contribution in [0.4, 0.5) is 0 Å². The van der Waals surface area contributed by atoms with Crippen molar-refractivity contribution >= 4 is 21.4 Å². The van der Waals surface area contributed by atoms with E-state index in [1.807, 2.05) is 12.3 Å². The maximum atomic E-state index is 12.9. The Morgan fingerprint density at radius 1 is 1.15 bits per heavy atom. The van der Waals surface area contributed by atoms with Crippen LogP contribution in [0.15, 0.2) is 26.1 Å². The third-order valence-corrected chi connectivity index (χ3v) is 7.12. The summed E-state index contributed by atoms with van der Waals surface area (Å²) in [5, 5.41) is 3.01. The summed E-state index contributed by atoms with van der Waals surface area (Å²) in [5.41, 5.74) is -0.374. The average molecular weight is 399 g/mol. The zero-order chi connectivity index (χ0) is 19.1. The Morgan fingerprint density at radius 3 is 2.38 bits per heavy atom. The van der Waals surface area contributed by atoms with E-state index in [-0.39, 0.29) is 18.0 Å². The lowest BCUT2D eigenvalue weighted by atomic mass is 10.3. The van der Waals surface area contributed by atoms with Gasteiger partial charge >= 0.3 is 5.69 Å². The predicted octanol–water partition coefficient (Wildman–Crippen LogP) is -0.645. The molecule has 2 aromatic heterocycles. The highest BCUT2D eigenvalue weighted by atomic mass is 32.2. The highest BCUT2D eigenvalue weighted by Crippen LogP contribution is 2.16. The van der Waals surface area contributed by atoms with Crippen LogP contribution >= 0.6 is 11.3 Å². The van der Waals surface area contributed by atoms with Crippen molar-refractivity contribution in [3.63, 3.8) is 0 Å². The monoisotopic (exact) mass is 399 g/mol. The Bertz CT molecular complexity index is 1030. The Morgan fingerprint density at radius 2 is 1.81 bits per heavy atom. The van der Waals surface area contributed by atoms with Crippen molar-refractivity contribution in [2.75, 3.05) is 26.2 Å². The predicted molar refractivity (Wildman–Crippen MR) is 97.8 cm³/mol. The van der Waals surface area contributed by atoms with Crippen LogP contribution in [0.2, 0.25) is 0 Å². The van der Waals surface area contributed by atoms with Crippen molar-refractivity contribution in [1.29, 1.82) is 0 Å². The maximum absolute atomic E-state index is 12.9. The van der Waals surface area contributed by atoms with Crippen molar-refractivity contribution in [2.45, 2.75) is 18.4 Å². The quantitative estimate of drug-likeness (QED) is 0.678. The lowest BCUT2D eigenvalue weighted by Crippen LogP contribution is -2.50. The van der Waals surface area contributed by atoms with Gasteiger partial charge in [-0.2, -0.15) is 4.31 Å². The van der Waals surface area contributed by atoms with Gasteiger partial charge < -0.3 is 4.57 Å². The minimum absolute atomic E-state index is 0.289. The van der Waals surface area contributed by atoms with Gasteiger partial charge in [-0.15, -0.1) is 11.3 Å².